The Morgan fingerprint density at radius 3 is 2.88 bits per heavy atom. The molecule has 86 valence electrons. The van der Waals surface area contributed by atoms with Crippen LogP contribution >= 0.6 is 0 Å². The van der Waals surface area contributed by atoms with Gasteiger partial charge in [-0.05, 0) is 24.6 Å². The van der Waals surface area contributed by atoms with Gasteiger partial charge in [0.25, 0.3) is 0 Å². The number of nitrogens with zero attached hydrogens (tertiary/aromatic N) is 1. The van der Waals surface area contributed by atoms with E-state index >= 15 is 0 Å². The zero-order valence-electron chi connectivity index (χ0n) is 9.68. The highest BCUT2D eigenvalue weighted by Crippen LogP contribution is 2.31. The van der Waals surface area contributed by atoms with Crippen molar-refractivity contribution in [1.29, 1.82) is 0 Å². The first-order valence-electron chi connectivity index (χ1n) is 5.75. The van der Waals surface area contributed by atoms with E-state index in [0.29, 0.717) is 0 Å². The molecule has 3 nitrogen and oxygen atoms in total. The van der Waals surface area contributed by atoms with Gasteiger partial charge in [0, 0.05) is 6.20 Å². The van der Waals surface area contributed by atoms with Crippen molar-refractivity contribution in [2.75, 3.05) is 11.9 Å². The van der Waals surface area contributed by atoms with E-state index in [2.05, 4.69) is 41.5 Å². The minimum atomic E-state index is 0.0623. The Morgan fingerprint density at radius 1 is 1.24 bits per heavy atom. The molecule has 1 unspecified atom stereocenters. The standard InChI is InChI=1S/C14H14N2O/c1-10-4-6-11(7-5-10)13-9-16-14-12(17-13)3-2-8-15-14/h2-8,13H,9H2,1H3,(H,15,16). The quantitative estimate of drug-likeness (QED) is 0.811. The Morgan fingerprint density at radius 2 is 2.06 bits per heavy atom. The second-order valence-electron chi connectivity index (χ2n) is 4.25. The largest absolute Gasteiger partial charge is 0.480 e. The fourth-order valence-electron chi connectivity index (χ4n) is 1.97. The van der Waals surface area contributed by atoms with Crippen molar-refractivity contribution < 1.29 is 4.74 Å². The summed E-state index contributed by atoms with van der Waals surface area (Å²) >= 11 is 0. The molecule has 3 rings (SSSR count). The maximum absolute atomic E-state index is 5.93. The lowest BCUT2D eigenvalue weighted by molar-refractivity contribution is 0.209. The number of anilines is 1. The molecule has 1 aliphatic heterocycles. The number of hydrogen-bond acceptors (Lipinski definition) is 3. The highest BCUT2D eigenvalue weighted by atomic mass is 16.5. The van der Waals surface area contributed by atoms with Gasteiger partial charge in [0.05, 0.1) is 6.54 Å². The molecule has 1 atom stereocenters. The molecule has 0 bridgehead atoms. The van der Waals surface area contributed by atoms with Gasteiger partial charge in [0.2, 0.25) is 0 Å². The zero-order chi connectivity index (χ0) is 11.7. The Kier molecular flexibility index (Phi) is 2.44. The van der Waals surface area contributed by atoms with Crippen molar-refractivity contribution >= 4 is 5.82 Å². The molecule has 0 amide bonds. The first-order valence-corrected chi connectivity index (χ1v) is 5.75. The number of hydrogen-bond donors (Lipinski definition) is 1. The molecule has 1 aromatic heterocycles. The summed E-state index contributed by atoms with van der Waals surface area (Å²) in [5.74, 6) is 1.65. The van der Waals surface area contributed by atoms with Crippen LogP contribution in [0, 0.1) is 6.92 Å². The van der Waals surface area contributed by atoms with Crippen molar-refractivity contribution in [1.82, 2.24) is 4.98 Å². The van der Waals surface area contributed by atoms with Gasteiger partial charge in [-0.3, -0.25) is 0 Å². The molecule has 0 spiro atoms. The van der Waals surface area contributed by atoms with Gasteiger partial charge >= 0.3 is 0 Å². The number of aryl methyl sites for hydroxylation is 1. The Hall–Kier alpha value is -2.03. The van der Waals surface area contributed by atoms with Gasteiger partial charge in [-0.2, -0.15) is 0 Å². The van der Waals surface area contributed by atoms with Gasteiger partial charge in [-0.25, -0.2) is 4.98 Å². The maximum atomic E-state index is 5.93. The van der Waals surface area contributed by atoms with Crippen molar-refractivity contribution in [3.05, 3.63) is 53.7 Å². The number of pyridine rings is 1. The van der Waals surface area contributed by atoms with Gasteiger partial charge in [-0.1, -0.05) is 29.8 Å². The van der Waals surface area contributed by atoms with Crippen molar-refractivity contribution in [2.24, 2.45) is 0 Å². The molecule has 0 aliphatic carbocycles. The van der Waals surface area contributed by atoms with E-state index in [1.807, 2.05) is 12.1 Å². The van der Waals surface area contributed by atoms with Crippen LogP contribution in [-0.2, 0) is 0 Å². The predicted molar refractivity (Wildman–Crippen MR) is 67.3 cm³/mol. The van der Waals surface area contributed by atoms with Crippen LogP contribution in [0.3, 0.4) is 0 Å². The van der Waals surface area contributed by atoms with E-state index in [-0.39, 0.29) is 6.10 Å². The fourth-order valence-corrected chi connectivity index (χ4v) is 1.97. The maximum Gasteiger partial charge on any atom is 0.168 e. The first-order chi connectivity index (χ1) is 8.33. The SMILES string of the molecule is Cc1ccc(C2CNc3ncccc3O2)cc1. The molecule has 1 N–H and O–H groups in total. The number of benzene rings is 1. The van der Waals surface area contributed by atoms with E-state index in [4.69, 9.17) is 4.74 Å². The molecule has 0 saturated carbocycles. The van der Waals surface area contributed by atoms with Crippen LogP contribution in [0.1, 0.15) is 17.2 Å². The first kappa shape index (κ1) is 10.1. The second-order valence-corrected chi connectivity index (χ2v) is 4.25. The molecule has 0 fully saturated rings. The molecule has 2 aromatic rings. The monoisotopic (exact) mass is 226 g/mol. The van der Waals surface area contributed by atoms with E-state index in [0.717, 1.165) is 18.1 Å². The molecule has 3 heteroatoms. The minimum Gasteiger partial charge on any atom is -0.480 e. The molecular weight excluding hydrogens is 212 g/mol. The van der Waals surface area contributed by atoms with E-state index in [1.165, 1.54) is 11.1 Å². The molecular formula is C14H14N2O. The van der Waals surface area contributed by atoms with Crippen LogP contribution in [-0.4, -0.2) is 11.5 Å². The van der Waals surface area contributed by atoms with E-state index in [9.17, 15) is 0 Å². The lowest BCUT2D eigenvalue weighted by atomic mass is 10.1. The average Bonchev–Trinajstić information content (AvgIpc) is 2.39. The van der Waals surface area contributed by atoms with Crippen LogP contribution < -0.4 is 10.1 Å². The minimum absolute atomic E-state index is 0.0623. The topological polar surface area (TPSA) is 34.2 Å². The summed E-state index contributed by atoms with van der Waals surface area (Å²) in [6, 6.07) is 12.3. The van der Waals surface area contributed by atoms with Gasteiger partial charge in [0.15, 0.2) is 11.6 Å². The summed E-state index contributed by atoms with van der Waals surface area (Å²) in [5, 5.41) is 3.29. The summed E-state index contributed by atoms with van der Waals surface area (Å²) in [4.78, 5) is 4.23. The number of rotatable bonds is 1. The van der Waals surface area contributed by atoms with E-state index < -0.39 is 0 Å². The van der Waals surface area contributed by atoms with Crippen molar-refractivity contribution in [3.8, 4) is 5.75 Å². The number of fused-ring (bicyclic) bond motifs is 1. The molecule has 17 heavy (non-hydrogen) atoms. The fraction of sp³-hybridized carbons (Fsp3) is 0.214. The Bertz CT molecular complexity index is 522. The molecule has 0 saturated heterocycles. The van der Waals surface area contributed by atoms with Crippen LogP contribution in [0.25, 0.3) is 0 Å². The third-order valence-electron chi connectivity index (χ3n) is 2.94. The zero-order valence-corrected chi connectivity index (χ0v) is 9.68. The summed E-state index contributed by atoms with van der Waals surface area (Å²) in [7, 11) is 0. The summed E-state index contributed by atoms with van der Waals surface area (Å²) in [6.07, 6.45) is 1.83. The predicted octanol–water partition coefficient (Wildman–Crippen LogP) is 2.94. The van der Waals surface area contributed by atoms with Crippen LogP contribution in [0.4, 0.5) is 5.82 Å². The lowest BCUT2D eigenvalue weighted by Gasteiger charge is -2.26. The Labute approximate surface area is 100 Å². The van der Waals surface area contributed by atoms with Gasteiger partial charge in [-0.15, -0.1) is 0 Å². The van der Waals surface area contributed by atoms with Crippen LogP contribution in [0.5, 0.6) is 5.75 Å². The highest BCUT2D eigenvalue weighted by molar-refractivity contribution is 5.52. The average molecular weight is 226 g/mol. The second kappa shape index (κ2) is 4.09. The molecule has 2 heterocycles. The van der Waals surface area contributed by atoms with Crippen molar-refractivity contribution in [2.45, 2.75) is 13.0 Å². The normalized spacial score (nSPS) is 17.8. The molecule has 1 aliphatic rings. The third kappa shape index (κ3) is 1.96. The van der Waals surface area contributed by atoms with Crippen molar-refractivity contribution in [3.63, 3.8) is 0 Å². The number of aromatic nitrogens is 1. The van der Waals surface area contributed by atoms with Crippen LogP contribution in [0.15, 0.2) is 42.6 Å². The van der Waals surface area contributed by atoms with Gasteiger partial charge < -0.3 is 10.1 Å². The number of nitrogens with one attached hydrogen (secondary N) is 1. The van der Waals surface area contributed by atoms with Crippen LogP contribution in [0.2, 0.25) is 0 Å². The van der Waals surface area contributed by atoms with E-state index in [1.54, 1.807) is 6.20 Å². The Balaban J connectivity index is 1.86. The molecule has 0 radical (unpaired) electrons. The smallest absolute Gasteiger partial charge is 0.168 e. The third-order valence-corrected chi connectivity index (χ3v) is 2.94. The lowest BCUT2D eigenvalue weighted by Crippen LogP contribution is -2.24. The van der Waals surface area contributed by atoms with Gasteiger partial charge in [0.1, 0.15) is 6.10 Å². The highest BCUT2D eigenvalue weighted by Gasteiger charge is 2.20. The summed E-state index contributed by atoms with van der Waals surface area (Å²) in [6.45, 7) is 2.84. The summed E-state index contributed by atoms with van der Waals surface area (Å²) in [5.41, 5.74) is 2.46. The summed E-state index contributed by atoms with van der Waals surface area (Å²) < 4.78 is 5.93. The number of ether oxygens (including phenoxy) is 1. The molecule has 1 aromatic carbocycles.